The summed E-state index contributed by atoms with van der Waals surface area (Å²) in [5, 5.41) is 10.0. The molecule has 0 bridgehead atoms. The lowest BCUT2D eigenvalue weighted by Crippen LogP contribution is -2.42. The molecule has 0 saturated heterocycles. The van der Waals surface area contributed by atoms with Crippen LogP contribution in [-0.4, -0.2) is 56.2 Å². The molecular weight excluding hydrogens is 214 g/mol. The zero-order valence-corrected chi connectivity index (χ0v) is 11.0. The van der Waals surface area contributed by atoms with E-state index in [2.05, 4.69) is 0 Å². The van der Waals surface area contributed by atoms with Crippen LogP contribution in [0.2, 0.25) is 0 Å². The molecule has 0 spiro atoms. The van der Waals surface area contributed by atoms with Crippen molar-refractivity contribution >= 4 is 9.84 Å². The summed E-state index contributed by atoms with van der Waals surface area (Å²) >= 11 is 0. The van der Waals surface area contributed by atoms with Crippen molar-refractivity contribution in [2.24, 2.45) is 0 Å². The zero-order chi connectivity index (χ0) is 12.1. The van der Waals surface area contributed by atoms with Crippen molar-refractivity contribution in [3.63, 3.8) is 0 Å². The van der Waals surface area contributed by atoms with E-state index in [0.29, 0.717) is 25.9 Å². The van der Waals surface area contributed by atoms with Gasteiger partial charge in [0.15, 0.2) is 0 Å². The summed E-state index contributed by atoms with van der Waals surface area (Å²) in [5.74, 6) is 0.146. The Labute approximate surface area is 93.2 Å². The average molecular weight is 237 g/mol. The molecule has 0 aromatic carbocycles. The normalized spacial score (nSPS) is 13.5. The van der Waals surface area contributed by atoms with Gasteiger partial charge >= 0.3 is 0 Å². The van der Waals surface area contributed by atoms with Crippen LogP contribution in [0.25, 0.3) is 0 Å². The van der Waals surface area contributed by atoms with Crippen LogP contribution < -0.4 is 0 Å². The summed E-state index contributed by atoms with van der Waals surface area (Å²) in [7, 11) is -1.08. The monoisotopic (exact) mass is 237 g/mol. The van der Waals surface area contributed by atoms with Crippen LogP contribution in [0.1, 0.15) is 26.7 Å². The minimum absolute atomic E-state index is 0.146. The van der Waals surface area contributed by atoms with Gasteiger partial charge in [-0.3, -0.25) is 0 Å². The van der Waals surface area contributed by atoms with Crippen LogP contribution >= 0.6 is 0 Å². The van der Waals surface area contributed by atoms with Gasteiger partial charge in [0.2, 0.25) is 0 Å². The molecule has 0 rings (SSSR count). The number of aliphatic hydroxyl groups is 1. The van der Waals surface area contributed by atoms with E-state index in [1.54, 1.807) is 0 Å². The molecule has 0 fully saturated rings. The Morgan fingerprint density at radius 3 is 2.07 bits per heavy atom. The van der Waals surface area contributed by atoms with Gasteiger partial charge < -0.3 is 10.0 Å². The summed E-state index contributed by atoms with van der Waals surface area (Å²) in [5.41, 5.74) is -0.688. The highest BCUT2D eigenvalue weighted by molar-refractivity contribution is 7.90. The van der Waals surface area contributed by atoms with Crippen molar-refractivity contribution in [1.82, 2.24) is 4.90 Å². The molecule has 5 heteroatoms. The van der Waals surface area contributed by atoms with Crippen molar-refractivity contribution in [1.29, 1.82) is 0 Å². The van der Waals surface area contributed by atoms with Crippen molar-refractivity contribution in [2.45, 2.75) is 32.3 Å². The summed E-state index contributed by atoms with van der Waals surface area (Å²) in [6.07, 6.45) is 2.60. The Morgan fingerprint density at radius 1 is 1.27 bits per heavy atom. The van der Waals surface area contributed by atoms with Crippen LogP contribution in [0.3, 0.4) is 0 Å². The fourth-order valence-electron chi connectivity index (χ4n) is 1.38. The second-order valence-electron chi connectivity index (χ2n) is 4.30. The minimum Gasteiger partial charge on any atom is -0.389 e. The van der Waals surface area contributed by atoms with E-state index in [0.717, 1.165) is 0 Å². The van der Waals surface area contributed by atoms with Gasteiger partial charge in [0, 0.05) is 19.3 Å². The fourth-order valence-corrected chi connectivity index (χ4v) is 2.02. The predicted molar refractivity (Wildman–Crippen MR) is 62.7 cm³/mol. The fraction of sp³-hybridized carbons (Fsp3) is 1.00. The summed E-state index contributed by atoms with van der Waals surface area (Å²) in [6, 6.07) is 0. The summed E-state index contributed by atoms with van der Waals surface area (Å²) < 4.78 is 21.9. The molecular formula is C10H23NO3S. The number of hydrogen-bond acceptors (Lipinski definition) is 4. The van der Waals surface area contributed by atoms with Crippen LogP contribution in [0.4, 0.5) is 0 Å². The second-order valence-corrected chi connectivity index (χ2v) is 6.56. The van der Waals surface area contributed by atoms with Gasteiger partial charge in [-0.25, -0.2) is 8.42 Å². The molecule has 0 aliphatic heterocycles. The highest BCUT2D eigenvalue weighted by Gasteiger charge is 2.24. The topological polar surface area (TPSA) is 57.6 Å². The Hall–Kier alpha value is -0.130. The largest absolute Gasteiger partial charge is 0.389 e. The van der Waals surface area contributed by atoms with Crippen LogP contribution in [0.15, 0.2) is 0 Å². The molecule has 0 heterocycles. The first-order valence-electron chi connectivity index (χ1n) is 5.31. The third kappa shape index (κ3) is 6.87. The SMILES string of the molecule is CCC(O)(CC)CN(C)CCS(C)(=O)=O. The minimum atomic E-state index is -2.91. The molecule has 0 radical (unpaired) electrons. The van der Waals surface area contributed by atoms with E-state index in [1.165, 1.54) is 6.26 Å². The molecule has 0 unspecified atom stereocenters. The summed E-state index contributed by atoms with van der Waals surface area (Å²) in [4.78, 5) is 1.87. The molecule has 0 amide bonds. The van der Waals surface area contributed by atoms with Gasteiger partial charge in [-0.2, -0.15) is 0 Å². The smallest absolute Gasteiger partial charge is 0.148 e. The first kappa shape index (κ1) is 14.9. The Bertz CT molecular complexity index is 270. The third-order valence-electron chi connectivity index (χ3n) is 2.72. The molecule has 0 atom stereocenters. The Kier molecular flexibility index (Phi) is 5.77. The van der Waals surface area contributed by atoms with Gasteiger partial charge in [-0.15, -0.1) is 0 Å². The lowest BCUT2D eigenvalue weighted by atomic mass is 9.97. The average Bonchev–Trinajstić information content (AvgIpc) is 2.13. The Morgan fingerprint density at radius 2 is 1.73 bits per heavy atom. The molecule has 0 saturated carbocycles. The van der Waals surface area contributed by atoms with Gasteiger partial charge in [-0.05, 0) is 19.9 Å². The lowest BCUT2D eigenvalue weighted by molar-refractivity contribution is 0.00440. The lowest BCUT2D eigenvalue weighted by Gasteiger charge is -2.30. The van der Waals surface area contributed by atoms with E-state index in [1.807, 2.05) is 25.8 Å². The van der Waals surface area contributed by atoms with Crippen molar-refractivity contribution in [3.8, 4) is 0 Å². The first-order valence-corrected chi connectivity index (χ1v) is 7.37. The number of sulfone groups is 1. The molecule has 92 valence electrons. The highest BCUT2D eigenvalue weighted by atomic mass is 32.2. The number of hydrogen-bond donors (Lipinski definition) is 1. The third-order valence-corrected chi connectivity index (χ3v) is 3.65. The number of likely N-dealkylation sites (N-methyl/N-ethyl adjacent to an activating group) is 1. The zero-order valence-electron chi connectivity index (χ0n) is 10.2. The predicted octanol–water partition coefficient (Wildman–Crippen LogP) is 0.514. The maximum Gasteiger partial charge on any atom is 0.148 e. The van der Waals surface area contributed by atoms with E-state index in [4.69, 9.17) is 0 Å². The van der Waals surface area contributed by atoms with E-state index < -0.39 is 15.4 Å². The molecule has 0 aliphatic rings. The van der Waals surface area contributed by atoms with Crippen LogP contribution in [0.5, 0.6) is 0 Å². The highest BCUT2D eigenvalue weighted by Crippen LogP contribution is 2.15. The molecule has 15 heavy (non-hydrogen) atoms. The summed E-state index contributed by atoms with van der Waals surface area (Å²) in [6.45, 7) is 4.87. The van der Waals surface area contributed by atoms with Gasteiger partial charge in [-0.1, -0.05) is 13.8 Å². The molecule has 0 aromatic heterocycles. The molecule has 4 nitrogen and oxygen atoms in total. The van der Waals surface area contributed by atoms with Crippen LogP contribution in [0, 0.1) is 0 Å². The van der Waals surface area contributed by atoms with Crippen LogP contribution in [-0.2, 0) is 9.84 Å². The van der Waals surface area contributed by atoms with Gasteiger partial charge in [0.1, 0.15) is 9.84 Å². The van der Waals surface area contributed by atoms with Crippen molar-refractivity contribution < 1.29 is 13.5 Å². The standard InChI is InChI=1S/C10H23NO3S/c1-5-10(12,6-2)9-11(3)7-8-15(4,13)14/h12H,5-9H2,1-4H3. The first-order chi connectivity index (χ1) is 6.72. The van der Waals surface area contributed by atoms with E-state index in [9.17, 15) is 13.5 Å². The van der Waals surface area contributed by atoms with Crippen molar-refractivity contribution in [2.75, 3.05) is 32.1 Å². The number of nitrogens with zero attached hydrogens (tertiary/aromatic N) is 1. The molecule has 0 aliphatic carbocycles. The number of rotatable bonds is 7. The van der Waals surface area contributed by atoms with E-state index in [-0.39, 0.29) is 5.75 Å². The maximum absolute atomic E-state index is 11.0. The maximum atomic E-state index is 11.0. The van der Waals surface area contributed by atoms with E-state index >= 15 is 0 Å². The molecule has 1 N–H and O–H groups in total. The second kappa shape index (κ2) is 5.82. The van der Waals surface area contributed by atoms with Crippen molar-refractivity contribution in [3.05, 3.63) is 0 Å². The van der Waals surface area contributed by atoms with Gasteiger partial charge in [0.05, 0.1) is 11.4 Å². The molecule has 0 aromatic rings. The van der Waals surface area contributed by atoms with Gasteiger partial charge in [0.25, 0.3) is 0 Å². The quantitative estimate of drug-likeness (QED) is 0.701. The Balaban J connectivity index is 4.08.